The fourth-order valence-corrected chi connectivity index (χ4v) is 4.03. The van der Waals surface area contributed by atoms with Crippen molar-refractivity contribution in [1.29, 1.82) is 0 Å². The topological polar surface area (TPSA) is 55.2 Å². The fourth-order valence-electron chi connectivity index (χ4n) is 4.03. The number of aryl methyl sites for hydroxylation is 2. The summed E-state index contributed by atoms with van der Waals surface area (Å²) in [5, 5.41) is 0.619. The van der Waals surface area contributed by atoms with Gasteiger partial charge in [0, 0.05) is 31.3 Å². The molecular formula is C21H28N2O4. The van der Waals surface area contributed by atoms with Crippen LogP contribution in [0.3, 0.4) is 0 Å². The first-order chi connectivity index (χ1) is 13.1. The van der Waals surface area contributed by atoms with Gasteiger partial charge in [-0.1, -0.05) is 0 Å². The maximum Gasteiger partial charge on any atom is 0.200 e. The minimum atomic E-state index is -0.00689. The lowest BCUT2D eigenvalue weighted by atomic mass is 10.1. The second-order valence-corrected chi connectivity index (χ2v) is 7.47. The van der Waals surface area contributed by atoms with E-state index in [1.807, 2.05) is 19.9 Å². The van der Waals surface area contributed by atoms with Crippen molar-refractivity contribution in [2.45, 2.75) is 26.7 Å². The Balaban J connectivity index is 1.62. The Labute approximate surface area is 159 Å². The first kappa shape index (κ1) is 18.3. The zero-order valence-electron chi connectivity index (χ0n) is 16.3. The second kappa shape index (κ2) is 7.90. The molecule has 0 unspecified atom stereocenters. The van der Waals surface area contributed by atoms with E-state index in [0.717, 1.165) is 49.6 Å². The van der Waals surface area contributed by atoms with Crippen LogP contribution in [-0.2, 0) is 4.74 Å². The van der Waals surface area contributed by atoms with Gasteiger partial charge in [0.25, 0.3) is 0 Å². The highest BCUT2D eigenvalue weighted by Gasteiger charge is 2.19. The van der Waals surface area contributed by atoms with E-state index in [9.17, 15) is 4.79 Å². The lowest BCUT2D eigenvalue weighted by Gasteiger charge is -2.27. The standard InChI is InChI=1S/C21H28N2O4/c1-15-13-17-18(24)14-19(23-8-10-25-11-9-23)27-21(17)16(2)20(15)26-12-7-22-5-3-4-6-22/h13-14H,3-12H2,1-2H3. The Morgan fingerprint density at radius 2 is 1.81 bits per heavy atom. The zero-order chi connectivity index (χ0) is 18.8. The van der Waals surface area contributed by atoms with Crippen molar-refractivity contribution in [2.75, 3.05) is 57.4 Å². The SMILES string of the molecule is Cc1cc2c(=O)cc(N3CCOCC3)oc2c(C)c1OCCN1CCCC1. The molecule has 0 radical (unpaired) electrons. The molecule has 6 nitrogen and oxygen atoms in total. The monoisotopic (exact) mass is 372 g/mol. The van der Waals surface area contributed by atoms with Crippen LogP contribution in [0, 0.1) is 13.8 Å². The molecular weight excluding hydrogens is 344 g/mol. The number of anilines is 1. The molecule has 0 aliphatic carbocycles. The van der Waals surface area contributed by atoms with E-state index in [1.54, 1.807) is 6.07 Å². The maximum absolute atomic E-state index is 12.7. The Hall–Kier alpha value is -2.05. The quantitative estimate of drug-likeness (QED) is 0.804. The normalized spacial score (nSPS) is 18.4. The van der Waals surface area contributed by atoms with Gasteiger partial charge in [-0.05, 0) is 51.4 Å². The summed E-state index contributed by atoms with van der Waals surface area (Å²) in [4.78, 5) is 17.2. The van der Waals surface area contributed by atoms with Crippen molar-refractivity contribution in [3.63, 3.8) is 0 Å². The molecule has 0 spiro atoms. The van der Waals surface area contributed by atoms with Crippen molar-refractivity contribution in [3.05, 3.63) is 33.5 Å². The van der Waals surface area contributed by atoms with Gasteiger partial charge in [0.15, 0.2) is 11.3 Å². The third kappa shape index (κ3) is 3.82. The van der Waals surface area contributed by atoms with Crippen LogP contribution >= 0.6 is 0 Å². The van der Waals surface area contributed by atoms with Crippen molar-refractivity contribution >= 4 is 16.9 Å². The summed E-state index contributed by atoms with van der Waals surface area (Å²) in [6.07, 6.45) is 2.56. The van der Waals surface area contributed by atoms with Crippen LogP contribution in [0.2, 0.25) is 0 Å². The lowest BCUT2D eigenvalue weighted by Crippen LogP contribution is -2.36. The molecule has 0 amide bonds. The first-order valence-corrected chi connectivity index (χ1v) is 9.89. The van der Waals surface area contributed by atoms with Gasteiger partial charge in [-0.2, -0.15) is 0 Å². The van der Waals surface area contributed by atoms with Gasteiger partial charge in [0.1, 0.15) is 17.9 Å². The Kier molecular flexibility index (Phi) is 5.36. The largest absolute Gasteiger partial charge is 0.492 e. The summed E-state index contributed by atoms with van der Waals surface area (Å²) in [7, 11) is 0. The van der Waals surface area contributed by atoms with Crippen LogP contribution in [0.25, 0.3) is 11.0 Å². The minimum Gasteiger partial charge on any atom is -0.492 e. The lowest BCUT2D eigenvalue weighted by molar-refractivity contribution is 0.121. The fraction of sp³-hybridized carbons (Fsp3) is 0.571. The summed E-state index contributed by atoms with van der Waals surface area (Å²) in [5.41, 5.74) is 2.50. The average Bonchev–Trinajstić information content (AvgIpc) is 3.19. The number of fused-ring (bicyclic) bond motifs is 1. The van der Waals surface area contributed by atoms with Crippen molar-refractivity contribution in [3.8, 4) is 5.75 Å². The molecule has 0 atom stereocenters. The molecule has 1 aromatic heterocycles. The predicted octanol–water partition coefficient (Wildman–Crippen LogP) is 2.72. The number of rotatable bonds is 5. The summed E-state index contributed by atoms with van der Waals surface area (Å²) in [6, 6.07) is 3.49. The average molecular weight is 372 g/mol. The van der Waals surface area contributed by atoms with E-state index in [-0.39, 0.29) is 5.43 Å². The van der Waals surface area contributed by atoms with Gasteiger partial charge < -0.3 is 18.8 Å². The molecule has 4 rings (SSSR count). The molecule has 0 N–H and O–H groups in total. The molecule has 3 heterocycles. The summed E-state index contributed by atoms with van der Waals surface area (Å²) in [5.74, 6) is 1.45. The van der Waals surface area contributed by atoms with E-state index < -0.39 is 0 Å². The van der Waals surface area contributed by atoms with Crippen LogP contribution < -0.4 is 15.1 Å². The number of benzene rings is 1. The minimum absolute atomic E-state index is 0.00689. The molecule has 2 saturated heterocycles. The predicted molar refractivity (Wildman–Crippen MR) is 106 cm³/mol. The summed E-state index contributed by atoms with van der Waals surface area (Å²) < 4.78 is 17.7. The van der Waals surface area contributed by atoms with Crippen LogP contribution in [0.1, 0.15) is 24.0 Å². The molecule has 0 bridgehead atoms. The smallest absolute Gasteiger partial charge is 0.200 e. The van der Waals surface area contributed by atoms with E-state index >= 15 is 0 Å². The number of nitrogens with zero attached hydrogens (tertiary/aromatic N) is 2. The van der Waals surface area contributed by atoms with Crippen LogP contribution in [-0.4, -0.2) is 57.4 Å². The summed E-state index contributed by atoms with van der Waals surface area (Å²) >= 11 is 0. The van der Waals surface area contributed by atoms with Gasteiger partial charge in [-0.3, -0.25) is 9.69 Å². The maximum atomic E-state index is 12.7. The molecule has 1 aromatic carbocycles. The number of ether oxygens (including phenoxy) is 2. The Morgan fingerprint density at radius 3 is 2.56 bits per heavy atom. The third-order valence-electron chi connectivity index (χ3n) is 5.55. The summed E-state index contributed by atoms with van der Waals surface area (Å²) in [6.45, 7) is 10.7. The number of morpholine rings is 1. The van der Waals surface area contributed by atoms with Crippen molar-refractivity contribution in [2.24, 2.45) is 0 Å². The Morgan fingerprint density at radius 1 is 1.07 bits per heavy atom. The molecule has 2 fully saturated rings. The van der Waals surface area contributed by atoms with E-state index in [1.165, 1.54) is 12.8 Å². The third-order valence-corrected chi connectivity index (χ3v) is 5.55. The molecule has 2 aliphatic rings. The molecule has 6 heteroatoms. The number of hydrogen-bond donors (Lipinski definition) is 0. The van der Waals surface area contributed by atoms with Crippen LogP contribution in [0.4, 0.5) is 5.88 Å². The van der Waals surface area contributed by atoms with Crippen molar-refractivity contribution < 1.29 is 13.9 Å². The molecule has 2 aliphatic heterocycles. The van der Waals surface area contributed by atoms with Gasteiger partial charge in [0.2, 0.25) is 0 Å². The van der Waals surface area contributed by atoms with E-state index in [4.69, 9.17) is 13.9 Å². The highest BCUT2D eigenvalue weighted by molar-refractivity contribution is 5.84. The Bertz CT molecular complexity index is 865. The molecule has 0 saturated carbocycles. The van der Waals surface area contributed by atoms with Crippen LogP contribution in [0.15, 0.2) is 21.3 Å². The highest BCUT2D eigenvalue weighted by Crippen LogP contribution is 2.32. The highest BCUT2D eigenvalue weighted by atomic mass is 16.5. The zero-order valence-corrected chi connectivity index (χ0v) is 16.3. The van der Waals surface area contributed by atoms with Crippen LogP contribution in [0.5, 0.6) is 5.75 Å². The van der Waals surface area contributed by atoms with Gasteiger partial charge in [-0.25, -0.2) is 0 Å². The number of likely N-dealkylation sites (tertiary alicyclic amines) is 1. The number of hydrogen-bond acceptors (Lipinski definition) is 6. The molecule has 27 heavy (non-hydrogen) atoms. The second-order valence-electron chi connectivity index (χ2n) is 7.47. The van der Waals surface area contributed by atoms with Gasteiger partial charge >= 0.3 is 0 Å². The van der Waals surface area contributed by atoms with Crippen molar-refractivity contribution in [1.82, 2.24) is 4.90 Å². The van der Waals surface area contributed by atoms with Gasteiger partial charge in [-0.15, -0.1) is 0 Å². The van der Waals surface area contributed by atoms with E-state index in [0.29, 0.717) is 36.7 Å². The first-order valence-electron chi connectivity index (χ1n) is 9.89. The van der Waals surface area contributed by atoms with Gasteiger partial charge in [0.05, 0.1) is 18.6 Å². The molecule has 2 aromatic rings. The molecule has 146 valence electrons. The van der Waals surface area contributed by atoms with E-state index in [2.05, 4.69) is 9.80 Å².